The van der Waals surface area contributed by atoms with Crippen molar-refractivity contribution < 1.29 is 5.11 Å². The first kappa shape index (κ1) is 16.2. The predicted octanol–water partition coefficient (Wildman–Crippen LogP) is 2.42. The second-order valence-corrected chi connectivity index (χ2v) is 7.57. The number of aliphatic hydroxyl groups is 1. The third-order valence-electron chi connectivity index (χ3n) is 5.18. The highest BCUT2D eigenvalue weighted by molar-refractivity contribution is 7.13. The quantitative estimate of drug-likeness (QED) is 0.553. The Morgan fingerprint density at radius 3 is 2.59 bits per heavy atom. The number of benzene rings is 1. The molecule has 0 radical (unpaired) electrons. The van der Waals surface area contributed by atoms with E-state index < -0.39 is 17.4 Å². The van der Waals surface area contributed by atoms with Gasteiger partial charge in [0.2, 0.25) is 0 Å². The van der Waals surface area contributed by atoms with Crippen LogP contribution in [-0.2, 0) is 14.1 Å². The molecule has 1 atom stereocenters. The molecule has 27 heavy (non-hydrogen) atoms. The van der Waals surface area contributed by atoms with Gasteiger partial charge < -0.3 is 5.11 Å². The Labute approximate surface area is 157 Å². The highest BCUT2D eigenvalue weighted by atomic mass is 32.1. The van der Waals surface area contributed by atoms with Crippen LogP contribution in [0.5, 0.6) is 0 Å². The molecule has 0 unspecified atom stereocenters. The van der Waals surface area contributed by atoms with Gasteiger partial charge in [-0.2, -0.15) is 0 Å². The third kappa shape index (κ3) is 2.01. The Bertz CT molecular complexity index is 1350. The molecule has 4 aromatic rings. The van der Waals surface area contributed by atoms with Crippen molar-refractivity contribution in [2.45, 2.75) is 6.10 Å². The number of thiophene rings is 1. The molecule has 0 aliphatic heterocycles. The van der Waals surface area contributed by atoms with Crippen molar-refractivity contribution in [1.29, 1.82) is 0 Å². The number of aryl methyl sites for hydroxylation is 1. The van der Waals surface area contributed by atoms with E-state index in [-0.39, 0.29) is 0 Å². The number of pyridine rings is 1. The topological polar surface area (TPSA) is 77.1 Å². The minimum absolute atomic E-state index is 0.328. The number of hydrogen-bond donors (Lipinski definition) is 1. The molecule has 5 rings (SSSR count). The average molecular weight is 377 g/mol. The molecule has 1 aliphatic carbocycles. The van der Waals surface area contributed by atoms with Gasteiger partial charge in [0, 0.05) is 35.7 Å². The van der Waals surface area contributed by atoms with E-state index in [9.17, 15) is 14.7 Å². The standard InChI is InChI=1S/C20H15N3O3S/c1-22-18-15(19(25)23(2)20(22)26)13(12-8-5-9-27-12)14-16(21-18)10-6-3-4-7-11(10)17(14)24/h3-9,17,24H,1-2H3/t17-/m0/s1. The molecule has 134 valence electrons. The second-order valence-electron chi connectivity index (χ2n) is 6.62. The van der Waals surface area contributed by atoms with E-state index in [2.05, 4.69) is 4.98 Å². The molecule has 1 N–H and O–H groups in total. The Morgan fingerprint density at radius 1 is 1.07 bits per heavy atom. The Kier molecular flexibility index (Phi) is 3.28. The van der Waals surface area contributed by atoms with Gasteiger partial charge in [0.15, 0.2) is 5.65 Å². The summed E-state index contributed by atoms with van der Waals surface area (Å²) in [7, 11) is 3.07. The molecule has 0 bridgehead atoms. The molecule has 7 heteroatoms. The SMILES string of the molecule is Cn1c(=O)c2c(-c3cccs3)c3c(nc2n(C)c1=O)-c1ccccc1[C@@H]3O. The van der Waals surface area contributed by atoms with E-state index in [4.69, 9.17) is 0 Å². The maximum absolute atomic E-state index is 13.0. The van der Waals surface area contributed by atoms with Crippen molar-refractivity contribution >= 4 is 22.4 Å². The first-order valence-corrected chi connectivity index (χ1v) is 9.33. The minimum Gasteiger partial charge on any atom is -0.384 e. The normalized spacial score (nSPS) is 15.1. The van der Waals surface area contributed by atoms with E-state index in [1.807, 2.05) is 41.8 Å². The van der Waals surface area contributed by atoms with Gasteiger partial charge in [-0.1, -0.05) is 30.3 Å². The molecule has 3 heterocycles. The Morgan fingerprint density at radius 2 is 1.85 bits per heavy atom. The van der Waals surface area contributed by atoms with Crippen LogP contribution in [0, 0.1) is 0 Å². The predicted molar refractivity (Wildman–Crippen MR) is 105 cm³/mol. The van der Waals surface area contributed by atoms with Gasteiger partial charge in [-0.25, -0.2) is 9.78 Å². The molecule has 0 fully saturated rings. The van der Waals surface area contributed by atoms with Gasteiger partial charge in [-0.05, 0) is 17.0 Å². The molecular weight excluding hydrogens is 362 g/mol. The lowest BCUT2D eigenvalue weighted by Crippen LogP contribution is -2.37. The van der Waals surface area contributed by atoms with Crippen LogP contribution in [0.15, 0.2) is 51.4 Å². The zero-order chi connectivity index (χ0) is 18.9. The lowest BCUT2D eigenvalue weighted by Gasteiger charge is -2.15. The van der Waals surface area contributed by atoms with Gasteiger partial charge in [0.1, 0.15) is 6.10 Å². The van der Waals surface area contributed by atoms with Crippen LogP contribution in [0.3, 0.4) is 0 Å². The maximum Gasteiger partial charge on any atom is 0.332 e. The molecular formula is C20H15N3O3S. The first-order chi connectivity index (χ1) is 13.0. The summed E-state index contributed by atoms with van der Waals surface area (Å²) in [6.45, 7) is 0. The van der Waals surface area contributed by atoms with Gasteiger partial charge in [0.05, 0.1) is 11.1 Å². The van der Waals surface area contributed by atoms with Crippen LogP contribution >= 0.6 is 11.3 Å². The van der Waals surface area contributed by atoms with E-state index >= 15 is 0 Å². The fourth-order valence-corrected chi connectivity index (χ4v) is 4.65. The van der Waals surface area contributed by atoms with Crippen LogP contribution in [-0.4, -0.2) is 19.2 Å². The summed E-state index contributed by atoms with van der Waals surface area (Å²) in [5, 5.41) is 13.3. The number of nitrogens with zero attached hydrogens (tertiary/aromatic N) is 3. The molecule has 0 spiro atoms. The summed E-state index contributed by atoms with van der Waals surface area (Å²) in [6, 6.07) is 11.3. The lowest BCUT2D eigenvalue weighted by molar-refractivity contribution is 0.225. The molecule has 6 nitrogen and oxygen atoms in total. The van der Waals surface area contributed by atoms with Crippen molar-refractivity contribution in [3.63, 3.8) is 0 Å². The average Bonchev–Trinajstić information content (AvgIpc) is 3.31. The number of hydrogen-bond acceptors (Lipinski definition) is 5. The van der Waals surface area contributed by atoms with Crippen LogP contribution in [0.25, 0.3) is 32.7 Å². The lowest BCUT2D eigenvalue weighted by atomic mass is 9.99. The molecule has 1 aliphatic rings. The number of aromatic nitrogens is 3. The summed E-state index contributed by atoms with van der Waals surface area (Å²) in [4.78, 5) is 31.0. The van der Waals surface area contributed by atoms with E-state index in [1.165, 1.54) is 23.0 Å². The summed E-state index contributed by atoms with van der Waals surface area (Å²) in [6.07, 6.45) is -0.868. The number of aliphatic hydroxyl groups excluding tert-OH is 1. The molecule has 1 aromatic carbocycles. The van der Waals surface area contributed by atoms with E-state index in [1.54, 1.807) is 7.05 Å². The van der Waals surface area contributed by atoms with Crippen molar-refractivity contribution in [2.24, 2.45) is 14.1 Å². The minimum atomic E-state index is -0.868. The van der Waals surface area contributed by atoms with Crippen LogP contribution in [0.2, 0.25) is 0 Å². The number of fused-ring (bicyclic) bond motifs is 4. The molecule has 0 saturated heterocycles. The monoisotopic (exact) mass is 377 g/mol. The van der Waals surface area contributed by atoms with Gasteiger partial charge >= 0.3 is 5.69 Å². The Hall–Kier alpha value is -3.03. The fraction of sp³-hybridized carbons (Fsp3) is 0.150. The van der Waals surface area contributed by atoms with Crippen LogP contribution < -0.4 is 11.2 Å². The molecule has 3 aromatic heterocycles. The van der Waals surface area contributed by atoms with Gasteiger partial charge in [0.25, 0.3) is 5.56 Å². The molecule has 0 amide bonds. The van der Waals surface area contributed by atoms with Crippen molar-refractivity contribution in [3.05, 3.63) is 73.7 Å². The first-order valence-electron chi connectivity index (χ1n) is 8.45. The van der Waals surface area contributed by atoms with Crippen molar-refractivity contribution in [3.8, 4) is 21.7 Å². The fourth-order valence-electron chi connectivity index (χ4n) is 3.86. The zero-order valence-corrected chi connectivity index (χ0v) is 15.4. The maximum atomic E-state index is 13.0. The van der Waals surface area contributed by atoms with Crippen molar-refractivity contribution in [2.75, 3.05) is 0 Å². The highest BCUT2D eigenvalue weighted by Crippen LogP contribution is 2.48. The zero-order valence-electron chi connectivity index (χ0n) is 14.6. The van der Waals surface area contributed by atoms with Crippen LogP contribution in [0.4, 0.5) is 0 Å². The summed E-state index contributed by atoms with van der Waals surface area (Å²) in [5.74, 6) is 0. The Balaban J connectivity index is 2.08. The second kappa shape index (κ2) is 5.48. The van der Waals surface area contributed by atoms with E-state index in [0.29, 0.717) is 27.9 Å². The summed E-state index contributed by atoms with van der Waals surface area (Å²) >= 11 is 1.49. The van der Waals surface area contributed by atoms with Crippen molar-refractivity contribution in [1.82, 2.24) is 14.1 Å². The third-order valence-corrected chi connectivity index (χ3v) is 6.06. The van der Waals surface area contributed by atoms with Gasteiger partial charge in [-0.15, -0.1) is 11.3 Å². The van der Waals surface area contributed by atoms with Crippen LogP contribution in [0.1, 0.15) is 17.2 Å². The number of rotatable bonds is 1. The van der Waals surface area contributed by atoms with Gasteiger partial charge in [-0.3, -0.25) is 13.9 Å². The summed E-state index contributed by atoms with van der Waals surface area (Å²) in [5.41, 5.74) is 2.99. The largest absolute Gasteiger partial charge is 0.384 e. The smallest absolute Gasteiger partial charge is 0.332 e. The molecule has 0 saturated carbocycles. The summed E-state index contributed by atoms with van der Waals surface area (Å²) < 4.78 is 2.48. The highest BCUT2D eigenvalue weighted by Gasteiger charge is 2.34. The van der Waals surface area contributed by atoms with E-state index in [0.717, 1.165) is 20.6 Å².